The van der Waals surface area contributed by atoms with Gasteiger partial charge in [0, 0.05) is 28.6 Å². The number of carbonyl (C=O) groups excluding carboxylic acids is 1. The number of ether oxygens (including phenoxy) is 3. The van der Waals surface area contributed by atoms with Crippen LogP contribution < -0.4 is 19.5 Å². The third-order valence-corrected chi connectivity index (χ3v) is 6.92. The number of fused-ring (bicyclic) bond motifs is 3. The zero-order valence-electron chi connectivity index (χ0n) is 17.7. The summed E-state index contributed by atoms with van der Waals surface area (Å²) >= 11 is 1.65. The van der Waals surface area contributed by atoms with E-state index in [4.69, 9.17) is 14.2 Å². The number of hydrogen-bond acceptors (Lipinski definition) is 6. The van der Waals surface area contributed by atoms with Crippen LogP contribution in [0, 0.1) is 0 Å². The molecule has 1 unspecified atom stereocenters. The minimum absolute atomic E-state index is 0.163. The molecule has 2 heterocycles. The summed E-state index contributed by atoms with van der Waals surface area (Å²) in [5, 5.41) is 5.82. The zero-order valence-corrected chi connectivity index (χ0v) is 18.5. The third-order valence-electron chi connectivity index (χ3n) is 5.96. The number of anilines is 1. The Kier molecular flexibility index (Phi) is 5.02. The second kappa shape index (κ2) is 7.85. The Hall–Kier alpha value is -3.12. The van der Waals surface area contributed by atoms with Crippen molar-refractivity contribution in [1.82, 2.24) is 0 Å². The van der Waals surface area contributed by atoms with Crippen LogP contribution in [0.2, 0.25) is 0 Å². The fourth-order valence-corrected chi connectivity index (χ4v) is 5.51. The van der Waals surface area contributed by atoms with E-state index in [0.717, 1.165) is 44.6 Å². The van der Waals surface area contributed by atoms with E-state index in [1.54, 1.807) is 33.1 Å². The van der Waals surface area contributed by atoms with Gasteiger partial charge >= 0.3 is 0 Å². The standard InChI is InChI=1S/C25H23NO4S/c1-28-20-10-15(11-21(29-2)25(20)30-3)22-23-16-7-5-4-6-14(16)8-9-17(23)26-18-12-31-13-19(27)24(18)22/h4-11,22,26H,12-13H2,1-3H3. The first-order chi connectivity index (χ1) is 15.2. The minimum Gasteiger partial charge on any atom is -0.493 e. The highest BCUT2D eigenvalue weighted by Gasteiger charge is 2.37. The molecule has 5 nitrogen and oxygen atoms in total. The van der Waals surface area contributed by atoms with E-state index in [9.17, 15) is 4.79 Å². The van der Waals surface area contributed by atoms with Crippen LogP contribution in [-0.2, 0) is 4.79 Å². The molecule has 0 saturated carbocycles. The molecule has 1 atom stereocenters. The van der Waals surface area contributed by atoms with Gasteiger partial charge in [-0.1, -0.05) is 30.3 Å². The molecule has 0 saturated heterocycles. The van der Waals surface area contributed by atoms with E-state index in [1.807, 2.05) is 24.3 Å². The maximum atomic E-state index is 13.2. The van der Waals surface area contributed by atoms with Gasteiger partial charge in [0.1, 0.15) is 0 Å². The summed E-state index contributed by atoms with van der Waals surface area (Å²) in [6.07, 6.45) is 0. The van der Waals surface area contributed by atoms with Crippen molar-refractivity contribution in [2.75, 3.05) is 38.2 Å². The Bertz CT molecular complexity index is 1210. The van der Waals surface area contributed by atoms with Crippen molar-refractivity contribution in [3.8, 4) is 17.2 Å². The van der Waals surface area contributed by atoms with Crippen LogP contribution in [0.4, 0.5) is 5.69 Å². The summed E-state index contributed by atoms with van der Waals surface area (Å²) in [5.74, 6) is 2.92. The van der Waals surface area contributed by atoms with Gasteiger partial charge < -0.3 is 19.5 Å². The van der Waals surface area contributed by atoms with E-state index < -0.39 is 0 Å². The molecule has 3 aromatic rings. The van der Waals surface area contributed by atoms with Gasteiger partial charge in [0.05, 0.1) is 27.1 Å². The molecule has 0 bridgehead atoms. The number of methoxy groups -OCH3 is 3. The number of allylic oxidation sites excluding steroid dienone is 1. The summed E-state index contributed by atoms with van der Waals surface area (Å²) in [5.41, 5.74) is 4.90. The highest BCUT2D eigenvalue weighted by Crippen LogP contribution is 2.50. The summed E-state index contributed by atoms with van der Waals surface area (Å²) < 4.78 is 16.8. The van der Waals surface area contributed by atoms with Gasteiger partial charge in [-0.15, -0.1) is 11.8 Å². The van der Waals surface area contributed by atoms with Crippen LogP contribution in [0.5, 0.6) is 17.2 Å². The quantitative estimate of drug-likeness (QED) is 0.625. The molecule has 2 aliphatic heterocycles. The Labute approximate surface area is 185 Å². The lowest BCUT2D eigenvalue weighted by Gasteiger charge is -2.35. The van der Waals surface area contributed by atoms with Crippen molar-refractivity contribution in [2.24, 2.45) is 0 Å². The molecule has 0 spiro atoms. The Balaban J connectivity index is 1.83. The number of carbonyl (C=O) groups is 1. The smallest absolute Gasteiger partial charge is 0.203 e. The zero-order chi connectivity index (χ0) is 21.5. The fraction of sp³-hybridized carbons (Fsp3) is 0.240. The van der Waals surface area contributed by atoms with Crippen molar-refractivity contribution < 1.29 is 19.0 Å². The van der Waals surface area contributed by atoms with Gasteiger partial charge in [-0.05, 0) is 40.1 Å². The SMILES string of the molecule is COc1cc(C2C3=C(CSCC3=O)Nc3ccc4ccccc4c32)cc(OC)c1OC. The van der Waals surface area contributed by atoms with E-state index in [1.165, 1.54) is 0 Å². The highest BCUT2D eigenvalue weighted by molar-refractivity contribution is 8.00. The van der Waals surface area contributed by atoms with Crippen molar-refractivity contribution in [1.29, 1.82) is 0 Å². The van der Waals surface area contributed by atoms with Crippen LogP contribution in [0.3, 0.4) is 0 Å². The number of hydrogen-bond donors (Lipinski definition) is 1. The molecule has 31 heavy (non-hydrogen) atoms. The largest absolute Gasteiger partial charge is 0.493 e. The van der Waals surface area contributed by atoms with Crippen LogP contribution in [0.1, 0.15) is 17.0 Å². The Morgan fingerprint density at radius 2 is 1.68 bits per heavy atom. The van der Waals surface area contributed by atoms with Gasteiger partial charge in [-0.25, -0.2) is 0 Å². The molecular weight excluding hydrogens is 410 g/mol. The van der Waals surface area contributed by atoms with Gasteiger partial charge in [-0.3, -0.25) is 4.79 Å². The van der Waals surface area contributed by atoms with Crippen molar-refractivity contribution in [3.63, 3.8) is 0 Å². The molecule has 1 N–H and O–H groups in total. The lowest BCUT2D eigenvalue weighted by Crippen LogP contribution is -2.29. The molecular formula is C25H23NO4S. The fourth-order valence-electron chi connectivity index (χ4n) is 4.63. The molecule has 0 aromatic heterocycles. The number of benzene rings is 3. The van der Waals surface area contributed by atoms with Crippen LogP contribution >= 0.6 is 11.8 Å². The number of ketones is 1. The average molecular weight is 434 g/mol. The van der Waals surface area contributed by atoms with E-state index >= 15 is 0 Å². The third kappa shape index (κ3) is 3.13. The van der Waals surface area contributed by atoms with E-state index in [2.05, 4.69) is 29.6 Å². The lowest BCUT2D eigenvalue weighted by atomic mass is 9.77. The summed E-state index contributed by atoms with van der Waals surface area (Å²) in [4.78, 5) is 13.2. The topological polar surface area (TPSA) is 56.8 Å². The van der Waals surface area contributed by atoms with E-state index in [-0.39, 0.29) is 11.7 Å². The molecule has 2 aliphatic rings. The summed E-state index contributed by atoms with van der Waals surface area (Å²) in [6, 6.07) is 16.4. The predicted octanol–water partition coefficient (Wildman–Crippen LogP) is 4.99. The first-order valence-electron chi connectivity index (χ1n) is 10.1. The summed E-state index contributed by atoms with van der Waals surface area (Å²) in [6.45, 7) is 0. The highest BCUT2D eigenvalue weighted by atomic mass is 32.2. The molecule has 158 valence electrons. The van der Waals surface area contributed by atoms with Gasteiger partial charge in [0.15, 0.2) is 17.3 Å². The maximum absolute atomic E-state index is 13.2. The van der Waals surface area contributed by atoms with Gasteiger partial charge in [0.25, 0.3) is 0 Å². The Morgan fingerprint density at radius 3 is 2.39 bits per heavy atom. The second-order valence-electron chi connectivity index (χ2n) is 7.57. The van der Waals surface area contributed by atoms with Gasteiger partial charge in [0.2, 0.25) is 5.75 Å². The van der Waals surface area contributed by atoms with Crippen molar-refractivity contribution in [2.45, 2.75) is 5.92 Å². The van der Waals surface area contributed by atoms with Crippen molar-refractivity contribution in [3.05, 3.63) is 70.9 Å². The molecule has 0 radical (unpaired) electrons. The minimum atomic E-state index is -0.223. The van der Waals surface area contributed by atoms with E-state index in [0.29, 0.717) is 23.0 Å². The Morgan fingerprint density at radius 1 is 0.935 bits per heavy atom. The monoisotopic (exact) mass is 433 g/mol. The number of rotatable bonds is 4. The summed E-state index contributed by atoms with van der Waals surface area (Å²) in [7, 11) is 4.82. The molecule has 3 aromatic carbocycles. The molecule has 0 aliphatic carbocycles. The second-order valence-corrected chi connectivity index (χ2v) is 8.56. The number of nitrogens with one attached hydrogen (secondary N) is 1. The average Bonchev–Trinajstić information content (AvgIpc) is 2.81. The predicted molar refractivity (Wildman–Crippen MR) is 125 cm³/mol. The molecule has 0 amide bonds. The van der Waals surface area contributed by atoms with Crippen LogP contribution in [0.25, 0.3) is 10.8 Å². The number of thioether (sulfide) groups is 1. The molecule has 6 heteroatoms. The lowest BCUT2D eigenvalue weighted by molar-refractivity contribution is -0.113. The maximum Gasteiger partial charge on any atom is 0.203 e. The molecule has 0 fully saturated rings. The van der Waals surface area contributed by atoms with Crippen LogP contribution in [0.15, 0.2) is 59.8 Å². The normalized spacial score (nSPS) is 17.6. The van der Waals surface area contributed by atoms with Crippen LogP contribution in [-0.4, -0.2) is 38.6 Å². The first-order valence-corrected chi connectivity index (χ1v) is 11.2. The first kappa shape index (κ1) is 19.8. The van der Waals surface area contributed by atoms with Gasteiger partial charge in [-0.2, -0.15) is 0 Å². The number of Topliss-reactive ketones (excluding diaryl/α,β-unsaturated/α-hetero) is 1. The molecule has 5 rings (SSSR count). The van der Waals surface area contributed by atoms with Crippen molar-refractivity contribution >= 4 is 34.0 Å².